The molecular weight excluding hydrogens is 402 g/mol. The van der Waals surface area contributed by atoms with Crippen LogP contribution in [0.15, 0.2) is 35.9 Å². The fourth-order valence-electron chi connectivity index (χ4n) is 6.28. The highest BCUT2D eigenvalue weighted by Gasteiger charge is 2.31. The average Bonchev–Trinajstić information content (AvgIpc) is 2.87. The Kier molecular flexibility index (Phi) is 11.0. The minimum Gasteiger partial charge on any atom is -0.352 e. The first kappa shape index (κ1) is 26.0. The summed E-state index contributed by atoms with van der Waals surface area (Å²) in [6, 6.07) is 9.40. The zero-order valence-corrected chi connectivity index (χ0v) is 21.7. The first-order chi connectivity index (χ1) is 16.1. The first-order valence-corrected chi connectivity index (χ1v) is 14.1. The minimum atomic E-state index is 0.0588. The number of hydrogen-bond acceptors (Lipinski definition) is 1. The lowest BCUT2D eigenvalue weighted by Crippen LogP contribution is -2.25. The molecule has 0 radical (unpaired) electrons. The molecule has 0 bridgehead atoms. The van der Waals surface area contributed by atoms with E-state index in [2.05, 4.69) is 36.5 Å². The van der Waals surface area contributed by atoms with Crippen molar-refractivity contribution in [1.29, 1.82) is 0 Å². The molecule has 2 heteroatoms. The van der Waals surface area contributed by atoms with Gasteiger partial charge >= 0.3 is 0 Å². The van der Waals surface area contributed by atoms with E-state index in [1.807, 2.05) is 19.9 Å². The zero-order chi connectivity index (χ0) is 23.5. The van der Waals surface area contributed by atoms with Crippen LogP contribution in [0.3, 0.4) is 0 Å². The van der Waals surface area contributed by atoms with Crippen molar-refractivity contribution in [2.45, 2.75) is 117 Å². The van der Waals surface area contributed by atoms with Crippen LogP contribution in [-0.4, -0.2) is 12.5 Å². The van der Waals surface area contributed by atoms with Crippen LogP contribution in [0.4, 0.5) is 0 Å². The van der Waals surface area contributed by atoms with Crippen molar-refractivity contribution < 1.29 is 4.79 Å². The monoisotopic (exact) mass is 451 g/mol. The first-order valence-electron chi connectivity index (χ1n) is 14.1. The Labute approximate surface area is 204 Å². The fraction of sp³-hybridized carbons (Fsp3) is 0.710. The van der Waals surface area contributed by atoms with Crippen molar-refractivity contribution in [3.05, 3.63) is 47.0 Å². The van der Waals surface area contributed by atoms with Gasteiger partial charge in [-0.25, -0.2) is 0 Å². The summed E-state index contributed by atoms with van der Waals surface area (Å²) in [4.78, 5) is 11.8. The molecule has 0 spiro atoms. The number of amides is 1. The summed E-state index contributed by atoms with van der Waals surface area (Å²) >= 11 is 0. The zero-order valence-electron chi connectivity index (χ0n) is 21.7. The second-order valence-corrected chi connectivity index (χ2v) is 11.0. The number of carbonyl (C=O) groups is 1. The second kappa shape index (κ2) is 14.0. The lowest BCUT2D eigenvalue weighted by Gasteiger charge is -2.38. The molecule has 2 aliphatic carbocycles. The highest BCUT2D eigenvalue weighted by molar-refractivity contribution is 5.92. The van der Waals surface area contributed by atoms with E-state index < -0.39 is 0 Å². The molecule has 1 aromatic carbocycles. The molecule has 0 saturated heterocycles. The number of nitrogens with one attached hydrogen (secondary N) is 1. The Bertz CT molecular complexity index is 718. The van der Waals surface area contributed by atoms with Crippen LogP contribution in [0.2, 0.25) is 0 Å². The van der Waals surface area contributed by atoms with Gasteiger partial charge in [0.1, 0.15) is 0 Å². The van der Waals surface area contributed by atoms with Gasteiger partial charge in [0.15, 0.2) is 0 Å². The van der Waals surface area contributed by atoms with E-state index in [1.54, 1.807) is 5.56 Å². The number of aryl methyl sites for hydroxylation is 1. The molecule has 2 saturated carbocycles. The highest BCUT2D eigenvalue weighted by Crippen LogP contribution is 2.44. The van der Waals surface area contributed by atoms with Gasteiger partial charge in [0.25, 0.3) is 0 Å². The summed E-state index contributed by atoms with van der Waals surface area (Å²) in [5.41, 5.74) is 3.73. The number of rotatable bonds is 11. The molecule has 3 rings (SSSR count). The molecule has 2 aliphatic rings. The smallest absolute Gasteiger partial charge is 0.246 e. The minimum absolute atomic E-state index is 0.0588. The molecule has 2 fully saturated rings. The van der Waals surface area contributed by atoms with Gasteiger partial charge < -0.3 is 5.32 Å². The van der Waals surface area contributed by atoms with Crippen molar-refractivity contribution in [2.75, 3.05) is 6.54 Å². The topological polar surface area (TPSA) is 29.1 Å². The maximum absolute atomic E-state index is 11.8. The quantitative estimate of drug-likeness (QED) is 0.266. The molecule has 2 nitrogen and oxygen atoms in total. The third-order valence-corrected chi connectivity index (χ3v) is 8.72. The number of carbonyl (C=O) groups excluding carboxylic acids is 1. The predicted molar refractivity (Wildman–Crippen MR) is 141 cm³/mol. The Morgan fingerprint density at radius 1 is 0.909 bits per heavy atom. The second-order valence-electron chi connectivity index (χ2n) is 11.0. The molecular formula is C31H49NO. The summed E-state index contributed by atoms with van der Waals surface area (Å²) in [5.74, 6) is 3.88. The van der Waals surface area contributed by atoms with Crippen molar-refractivity contribution in [3.63, 3.8) is 0 Å². The van der Waals surface area contributed by atoms with Crippen LogP contribution in [0.5, 0.6) is 0 Å². The molecule has 1 amide bonds. The SMILES string of the molecule is C/C=C(\C)C(=O)NCCCc1ccc(C2CCC(C3CCC(CCCCC)CC3)CC2)cc1. The van der Waals surface area contributed by atoms with Gasteiger partial charge in [-0.3, -0.25) is 4.79 Å². The van der Waals surface area contributed by atoms with Crippen LogP contribution in [0.1, 0.15) is 121 Å². The standard InChI is InChI=1S/C31H49NO/c1-4-6-7-9-25-11-15-27(16-12-25)29-19-21-30(22-20-29)28-17-13-26(14-18-28)10-8-23-32-31(33)24(3)5-2/h5,13-14,17-18,25,27,29-30H,4,6-12,15-16,19-23H2,1-3H3,(H,32,33)/b24-5+. The molecule has 33 heavy (non-hydrogen) atoms. The Morgan fingerprint density at radius 3 is 2.15 bits per heavy atom. The number of benzene rings is 1. The van der Waals surface area contributed by atoms with Crippen LogP contribution in [-0.2, 0) is 11.2 Å². The fourth-order valence-corrected chi connectivity index (χ4v) is 6.28. The van der Waals surface area contributed by atoms with Gasteiger partial charge in [0.2, 0.25) is 5.91 Å². The van der Waals surface area contributed by atoms with E-state index in [9.17, 15) is 4.79 Å². The van der Waals surface area contributed by atoms with E-state index in [0.29, 0.717) is 0 Å². The van der Waals surface area contributed by atoms with E-state index >= 15 is 0 Å². The van der Waals surface area contributed by atoms with Crippen molar-refractivity contribution in [1.82, 2.24) is 5.32 Å². The normalized spacial score (nSPS) is 26.2. The number of unbranched alkanes of at least 4 members (excludes halogenated alkanes) is 2. The lowest BCUT2D eigenvalue weighted by atomic mass is 9.68. The van der Waals surface area contributed by atoms with E-state index in [-0.39, 0.29) is 5.91 Å². The third kappa shape index (κ3) is 8.30. The summed E-state index contributed by atoms with van der Waals surface area (Å²) in [6.07, 6.45) is 21.3. The average molecular weight is 452 g/mol. The molecule has 0 unspecified atom stereocenters. The summed E-state index contributed by atoms with van der Waals surface area (Å²) in [6.45, 7) is 6.83. The maximum atomic E-state index is 11.8. The van der Waals surface area contributed by atoms with Crippen molar-refractivity contribution >= 4 is 5.91 Å². The van der Waals surface area contributed by atoms with Crippen LogP contribution in [0.25, 0.3) is 0 Å². The maximum Gasteiger partial charge on any atom is 0.246 e. The van der Waals surface area contributed by atoms with E-state index in [4.69, 9.17) is 0 Å². The number of allylic oxidation sites excluding steroid dienone is 1. The largest absolute Gasteiger partial charge is 0.352 e. The van der Waals surface area contributed by atoms with E-state index in [1.165, 1.54) is 82.6 Å². The Morgan fingerprint density at radius 2 is 1.55 bits per heavy atom. The molecule has 0 atom stereocenters. The molecule has 0 aromatic heterocycles. The summed E-state index contributed by atoms with van der Waals surface area (Å²) in [7, 11) is 0. The highest BCUT2D eigenvalue weighted by atomic mass is 16.1. The van der Waals surface area contributed by atoms with Crippen LogP contribution >= 0.6 is 0 Å². The van der Waals surface area contributed by atoms with Gasteiger partial charge in [-0.05, 0) is 100 Å². The van der Waals surface area contributed by atoms with Crippen LogP contribution in [0, 0.1) is 17.8 Å². The predicted octanol–water partition coefficient (Wildman–Crippen LogP) is 8.36. The summed E-state index contributed by atoms with van der Waals surface area (Å²) in [5, 5.41) is 3.00. The van der Waals surface area contributed by atoms with Gasteiger partial charge in [0, 0.05) is 12.1 Å². The third-order valence-electron chi connectivity index (χ3n) is 8.72. The number of hydrogen-bond donors (Lipinski definition) is 1. The van der Waals surface area contributed by atoms with Crippen LogP contribution < -0.4 is 5.32 Å². The Hall–Kier alpha value is -1.57. The molecule has 1 N–H and O–H groups in total. The van der Waals surface area contributed by atoms with Crippen molar-refractivity contribution in [2.24, 2.45) is 17.8 Å². The van der Waals surface area contributed by atoms with Crippen molar-refractivity contribution in [3.8, 4) is 0 Å². The molecule has 184 valence electrons. The van der Waals surface area contributed by atoms with Gasteiger partial charge in [-0.1, -0.05) is 75.8 Å². The van der Waals surface area contributed by atoms with Gasteiger partial charge in [0.05, 0.1) is 0 Å². The van der Waals surface area contributed by atoms with Gasteiger partial charge in [-0.15, -0.1) is 0 Å². The molecule has 0 aliphatic heterocycles. The molecule has 1 aromatic rings. The molecule has 0 heterocycles. The Balaban J connectivity index is 1.34. The summed E-state index contributed by atoms with van der Waals surface area (Å²) < 4.78 is 0. The van der Waals surface area contributed by atoms with Gasteiger partial charge in [-0.2, -0.15) is 0 Å². The lowest BCUT2D eigenvalue weighted by molar-refractivity contribution is -0.117. The van der Waals surface area contributed by atoms with E-state index in [0.717, 1.165) is 48.6 Å².